The first-order valence-electron chi connectivity index (χ1n) is 8.62. The number of rotatable bonds is 7. The lowest BCUT2D eigenvalue weighted by Gasteiger charge is -2.26. The van der Waals surface area contributed by atoms with Gasteiger partial charge in [-0.2, -0.15) is 0 Å². The zero-order valence-corrected chi connectivity index (χ0v) is 14.5. The summed E-state index contributed by atoms with van der Waals surface area (Å²) in [6, 6.07) is 11.1. The number of carbonyl (C=O) groups excluding carboxylic acids is 2. The van der Waals surface area contributed by atoms with E-state index in [2.05, 4.69) is 5.32 Å². The van der Waals surface area contributed by atoms with Gasteiger partial charge in [-0.1, -0.05) is 18.2 Å². The molecule has 2 heterocycles. The molecule has 1 aliphatic heterocycles. The van der Waals surface area contributed by atoms with Gasteiger partial charge in [0.15, 0.2) is 5.76 Å². The maximum Gasteiger partial charge on any atom is 0.287 e. The fourth-order valence-corrected chi connectivity index (χ4v) is 2.66. The predicted octanol–water partition coefficient (Wildman–Crippen LogP) is 1.84. The second kappa shape index (κ2) is 9.05. The highest BCUT2D eigenvalue weighted by molar-refractivity contribution is 5.93. The van der Waals surface area contributed by atoms with Crippen LogP contribution >= 0.6 is 0 Å². The van der Waals surface area contributed by atoms with Gasteiger partial charge in [0.25, 0.3) is 5.91 Å². The van der Waals surface area contributed by atoms with Crippen LogP contribution < -0.4 is 10.1 Å². The number of hydrogen-bond donors (Lipinski definition) is 1. The van der Waals surface area contributed by atoms with Gasteiger partial charge in [-0.15, -0.1) is 0 Å². The second-order valence-electron chi connectivity index (χ2n) is 5.88. The zero-order valence-electron chi connectivity index (χ0n) is 14.5. The van der Waals surface area contributed by atoms with E-state index in [0.29, 0.717) is 31.9 Å². The van der Waals surface area contributed by atoms with E-state index in [1.165, 1.54) is 6.26 Å². The molecule has 2 aromatic rings. The normalized spacial score (nSPS) is 14.1. The lowest BCUT2D eigenvalue weighted by atomic mass is 10.2. The Hall–Kier alpha value is -2.80. The molecular weight excluding hydrogens is 336 g/mol. The van der Waals surface area contributed by atoms with Crippen LogP contribution in [-0.2, 0) is 16.1 Å². The molecule has 0 bridgehead atoms. The molecule has 138 valence electrons. The maximum absolute atomic E-state index is 12.3. The molecule has 1 aromatic heterocycles. The van der Waals surface area contributed by atoms with Gasteiger partial charge >= 0.3 is 0 Å². The highest BCUT2D eigenvalue weighted by Gasteiger charge is 2.19. The summed E-state index contributed by atoms with van der Waals surface area (Å²) in [4.78, 5) is 26.1. The van der Waals surface area contributed by atoms with Crippen LogP contribution in [0.25, 0.3) is 0 Å². The summed E-state index contributed by atoms with van der Waals surface area (Å²) in [5.74, 6) is 0.591. The molecular formula is C19H22N2O5. The number of carbonyl (C=O) groups is 2. The fourth-order valence-electron chi connectivity index (χ4n) is 2.66. The Balaban J connectivity index is 1.46. The highest BCUT2D eigenvalue weighted by Crippen LogP contribution is 2.15. The summed E-state index contributed by atoms with van der Waals surface area (Å²) in [5, 5.41) is 2.73. The number of morpholine rings is 1. The molecule has 0 saturated carbocycles. The minimum absolute atomic E-state index is 0.0145. The first-order valence-corrected chi connectivity index (χ1v) is 8.62. The Kier molecular flexibility index (Phi) is 6.27. The van der Waals surface area contributed by atoms with Gasteiger partial charge in [-0.05, 0) is 18.2 Å². The molecule has 0 radical (unpaired) electrons. The maximum atomic E-state index is 12.3. The van der Waals surface area contributed by atoms with Crippen LogP contribution in [0.5, 0.6) is 5.75 Å². The van der Waals surface area contributed by atoms with E-state index in [9.17, 15) is 9.59 Å². The monoisotopic (exact) mass is 358 g/mol. The third-order valence-electron chi connectivity index (χ3n) is 4.08. The van der Waals surface area contributed by atoms with Crippen molar-refractivity contribution in [3.63, 3.8) is 0 Å². The van der Waals surface area contributed by atoms with Crippen molar-refractivity contribution in [1.29, 1.82) is 0 Å². The summed E-state index contributed by atoms with van der Waals surface area (Å²) in [5.41, 5.74) is 0.658. The fraction of sp³-hybridized carbons (Fsp3) is 0.368. The van der Waals surface area contributed by atoms with E-state index in [4.69, 9.17) is 13.9 Å². The van der Waals surface area contributed by atoms with Gasteiger partial charge in [0.05, 0.1) is 19.5 Å². The topological polar surface area (TPSA) is 81.0 Å². The number of benzene rings is 1. The standard InChI is InChI=1S/C19H22N2O5/c22-17(21-9-12-24-13-10-21)6-8-20-19(23)18-15(7-11-25-18)14-26-16-4-2-1-3-5-16/h1-5,7,11H,6,8-10,12-14H2,(H,20,23). The molecule has 7 nitrogen and oxygen atoms in total. The van der Waals surface area contributed by atoms with Gasteiger partial charge < -0.3 is 24.1 Å². The largest absolute Gasteiger partial charge is 0.489 e. The number of para-hydroxylation sites is 1. The lowest BCUT2D eigenvalue weighted by Crippen LogP contribution is -2.42. The molecule has 3 rings (SSSR count). The van der Waals surface area contributed by atoms with Crippen LogP contribution in [0.1, 0.15) is 22.5 Å². The van der Waals surface area contributed by atoms with Gasteiger partial charge in [0.1, 0.15) is 12.4 Å². The molecule has 0 unspecified atom stereocenters. The number of furan rings is 1. The van der Waals surface area contributed by atoms with Crippen LogP contribution in [0.2, 0.25) is 0 Å². The summed E-state index contributed by atoms with van der Waals surface area (Å²) >= 11 is 0. The smallest absolute Gasteiger partial charge is 0.287 e. The average Bonchev–Trinajstić information content (AvgIpc) is 3.16. The van der Waals surface area contributed by atoms with Gasteiger partial charge in [0.2, 0.25) is 5.91 Å². The van der Waals surface area contributed by atoms with Crippen molar-refractivity contribution in [2.75, 3.05) is 32.8 Å². The van der Waals surface area contributed by atoms with E-state index in [1.807, 2.05) is 30.3 Å². The zero-order chi connectivity index (χ0) is 18.2. The molecule has 1 aromatic carbocycles. The first kappa shape index (κ1) is 18.0. The molecule has 0 aliphatic carbocycles. The minimum Gasteiger partial charge on any atom is -0.489 e. The van der Waals surface area contributed by atoms with Crippen LogP contribution in [0.15, 0.2) is 47.1 Å². The van der Waals surface area contributed by atoms with Crippen molar-refractivity contribution >= 4 is 11.8 Å². The molecule has 1 fully saturated rings. The second-order valence-corrected chi connectivity index (χ2v) is 5.88. The molecule has 0 atom stereocenters. The van der Waals surface area contributed by atoms with Crippen LogP contribution in [0.4, 0.5) is 0 Å². The van der Waals surface area contributed by atoms with Crippen molar-refractivity contribution in [2.45, 2.75) is 13.0 Å². The van der Waals surface area contributed by atoms with Gasteiger partial charge in [-0.3, -0.25) is 9.59 Å². The van der Waals surface area contributed by atoms with Crippen molar-refractivity contribution in [1.82, 2.24) is 10.2 Å². The Bertz CT molecular complexity index is 723. The summed E-state index contributed by atoms with van der Waals surface area (Å²) in [7, 11) is 0. The number of nitrogens with one attached hydrogen (secondary N) is 1. The van der Waals surface area contributed by atoms with Crippen LogP contribution in [0, 0.1) is 0 Å². The molecule has 2 amide bonds. The SMILES string of the molecule is O=C(NCCC(=O)N1CCOCC1)c1occc1COc1ccccc1. The van der Waals surface area contributed by atoms with Crippen molar-refractivity contribution < 1.29 is 23.5 Å². The van der Waals surface area contributed by atoms with E-state index in [1.54, 1.807) is 11.0 Å². The number of nitrogens with zero attached hydrogens (tertiary/aromatic N) is 1. The van der Waals surface area contributed by atoms with E-state index < -0.39 is 0 Å². The average molecular weight is 358 g/mol. The van der Waals surface area contributed by atoms with Crippen LogP contribution in [-0.4, -0.2) is 49.6 Å². The van der Waals surface area contributed by atoms with E-state index in [-0.39, 0.29) is 37.1 Å². The summed E-state index contributed by atoms with van der Waals surface area (Å²) in [6.07, 6.45) is 1.71. The Morgan fingerprint density at radius 2 is 1.88 bits per heavy atom. The van der Waals surface area contributed by atoms with E-state index in [0.717, 1.165) is 5.75 Å². The van der Waals surface area contributed by atoms with Crippen molar-refractivity contribution in [3.8, 4) is 5.75 Å². The first-order chi connectivity index (χ1) is 12.7. The molecule has 0 spiro atoms. The van der Waals surface area contributed by atoms with Crippen molar-refractivity contribution in [3.05, 3.63) is 54.0 Å². The summed E-state index contributed by atoms with van der Waals surface area (Å²) in [6.45, 7) is 2.83. The Morgan fingerprint density at radius 1 is 1.12 bits per heavy atom. The molecule has 7 heteroatoms. The predicted molar refractivity (Wildman–Crippen MR) is 93.8 cm³/mol. The van der Waals surface area contributed by atoms with Gasteiger partial charge in [0, 0.05) is 31.6 Å². The summed E-state index contributed by atoms with van der Waals surface area (Å²) < 4.78 is 16.2. The molecule has 1 saturated heterocycles. The highest BCUT2D eigenvalue weighted by atomic mass is 16.5. The minimum atomic E-state index is -0.351. The Labute approximate surface area is 151 Å². The third kappa shape index (κ3) is 4.86. The Morgan fingerprint density at radius 3 is 2.65 bits per heavy atom. The lowest BCUT2D eigenvalue weighted by molar-refractivity contribution is -0.135. The molecule has 26 heavy (non-hydrogen) atoms. The third-order valence-corrected chi connectivity index (χ3v) is 4.08. The van der Waals surface area contributed by atoms with Gasteiger partial charge in [-0.25, -0.2) is 0 Å². The van der Waals surface area contributed by atoms with Crippen molar-refractivity contribution in [2.24, 2.45) is 0 Å². The molecule has 1 aliphatic rings. The quantitative estimate of drug-likeness (QED) is 0.817. The van der Waals surface area contributed by atoms with E-state index >= 15 is 0 Å². The number of ether oxygens (including phenoxy) is 2. The molecule has 1 N–H and O–H groups in total. The number of amides is 2. The van der Waals surface area contributed by atoms with Crippen LogP contribution in [0.3, 0.4) is 0 Å². The number of hydrogen-bond acceptors (Lipinski definition) is 5.